The summed E-state index contributed by atoms with van der Waals surface area (Å²) in [6.07, 6.45) is 0.315. The molecule has 0 aliphatic heterocycles. The van der Waals surface area contributed by atoms with Gasteiger partial charge in [-0.1, -0.05) is 38.1 Å². The molecule has 2 rings (SSSR count). The standard InChI is InChI=1S/C17H18FNO/c1-12(2)14-5-3-13(4-6-14)11-17(20)19-16-9-7-15(18)8-10-16/h3-10,12H,11H2,1-2H3,(H,19,20). The average Bonchev–Trinajstić information content (AvgIpc) is 2.42. The maximum atomic E-state index is 12.8. The fourth-order valence-corrected chi connectivity index (χ4v) is 1.94. The predicted octanol–water partition coefficient (Wildman–Crippen LogP) is 4.13. The van der Waals surface area contributed by atoms with E-state index in [9.17, 15) is 9.18 Å². The number of anilines is 1. The quantitative estimate of drug-likeness (QED) is 0.890. The van der Waals surface area contributed by atoms with Crippen molar-refractivity contribution < 1.29 is 9.18 Å². The molecule has 0 aromatic heterocycles. The van der Waals surface area contributed by atoms with Crippen LogP contribution in [0.3, 0.4) is 0 Å². The molecule has 20 heavy (non-hydrogen) atoms. The molecule has 2 aromatic rings. The third-order valence-electron chi connectivity index (χ3n) is 3.14. The molecule has 0 heterocycles. The number of nitrogens with one attached hydrogen (secondary N) is 1. The van der Waals surface area contributed by atoms with Gasteiger partial charge in [0, 0.05) is 5.69 Å². The van der Waals surface area contributed by atoms with Gasteiger partial charge in [-0.25, -0.2) is 4.39 Å². The van der Waals surface area contributed by atoms with Crippen LogP contribution in [0.15, 0.2) is 48.5 Å². The fourth-order valence-electron chi connectivity index (χ4n) is 1.94. The summed E-state index contributed by atoms with van der Waals surface area (Å²) in [6.45, 7) is 4.27. The average molecular weight is 271 g/mol. The van der Waals surface area contributed by atoms with E-state index in [0.29, 0.717) is 18.0 Å². The van der Waals surface area contributed by atoms with Crippen molar-refractivity contribution in [2.75, 3.05) is 5.32 Å². The number of halogens is 1. The number of carbonyl (C=O) groups excluding carboxylic acids is 1. The lowest BCUT2D eigenvalue weighted by molar-refractivity contribution is -0.115. The van der Waals surface area contributed by atoms with E-state index in [0.717, 1.165) is 5.56 Å². The number of carbonyl (C=O) groups is 1. The molecule has 0 radical (unpaired) electrons. The first kappa shape index (κ1) is 14.3. The summed E-state index contributed by atoms with van der Waals surface area (Å²) >= 11 is 0. The molecule has 0 fully saturated rings. The van der Waals surface area contributed by atoms with Crippen LogP contribution in [0.5, 0.6) is 0 Å². The molecule has 0 bridgehead atoms. The first-order valence-electron chi connectivity index (χ1n) is 6.69. The monoisotopic (exact) mass is 271 g/mol. The molecule has 0 aliphatic carbocycles. The Morgan fingerprint density at radius 2 is 1.65 bits per heavy atom. The van der Waals surface area contributed by atoms with Gasteiger partial charge in [-0.15, -0.1) is 0 Å². The number of rotatable bonds is 4. The molecule has 0 saturated carbocycles. The zero-order valence-electron chi connectivity index (χ0n) is 11.7. The fraction of sp³-hybridized carbons (Fsp3) is 0.235. The highest BCUT2D eigenvalue weighted by molar-refractivity contribution is 5.92. The topological polar surface area (TPSA) is 29.1 Å². The number of hydrogen-bond acceptors (Lipinski definition) is 1. The van der Waals surface area contributed by atoms with Crippen LogP contribution in [0, 0.1) is 5.82 Å². The van der Waals surface area contributed by atoms with E-state index >= 15 is 0 Å². The number of amides is 1. The number of benzene rings is 2. The molecule has 2 aromatic carbocycles. The Morgan fingerprint density at radius 1 is 1.05 bits per heavy atom. The maximum absolute atomic E-state index is 12.8. The van der Waals surface area contributed by atoms with Crippen LogP contribution in [0.25, 0.3) is 0 Å². The zero-order valence-corrected chi connectivity index (χ0v) is 11.7. The summed E-state index contributed by atoms with van der Waals surface area (Å²) in [5.74, 6) is 0.0678. The third-order valence-corrected chi connectivity index (χ3v) is 3.14. The van der Waals surface area contributed by atoms with E-state index in [2.05, 4.69) is 19.2 Å². The van der Waals surface area contributed by atoms with Crippen LogP contribution < -0.4 is 5.32 Å². The normalized spacial score (nSPS) is 10.6. The second-order valence-corrected chi connectivity index (χ2v) is 5.13. The second-order valence-electron chi connectivity index (χ2n) is 5.13. The van der Waals surface area contributed by atoms with Gasteiger partial charge in [0.25, 0.3) is 0 Å². The summed E-state index contributed by atoms with van der Waals surface area (Å²) in [5.41, 5.74) is 2.83. The molecule has 104 valence electrons. The third kappa shape index (κ3) is 3.92. The van der Waals surface area contributed by atoms with E-state index in [1.54, 1.807) is 12.1 Å². The zero-order chi connectivity index (χ0) is 14.5. The minimum atomic E-state index is -0.313. The van der Waals surface area contributed by atoms with E-state index in [4.69, 9.17) is 0 Å². The van der Waals surface area contributed by atoms with E-state index in [1.807, 2.05) is 24.3 Å². The summed E-state index contributed by atoms with van der Waals surface area (Å²) < 4.78 is 12.8. The van der Waals surface area contributed by atoms with Gasteiger partial charge in [0.15, 0.2) is 0 Å². The molecule has 1 amide bonds. The Hall–Kier alpha value is -2.16. The van der Waals surface area contributed by atoms with Crippen molar-refractivity contribution in [3.8, 4) is 0 Å². The lowest BCUT2D eigenvalue weighted by Gasteiger charge is -2.08. The van der Waals surface area contributed by atoms with E-state index in [-0.39, 0.29) is 11.7 Å². The highest BCUT2D eigenvalue weighted by Crippen LogP contribution is 2.15. The van der Waals surface area contributed by atoms with Crippen molar-refractivity contribution in [1.29, 1.82) is 0 Å². The van der Waals surface area contributed by atoms with Gasteiger partial charge in [-0.05, 0) is 41.3 Å². The Kier molecular flexibility index (Phi) is 4.51. The maximum Gasteiger partial charge on any atom is 0.228 e. The van der Waals surface area contributed by atoms with Gasteiger partial charge in [0.2, 0.25) is 5.91 Å². The molecular formula is C17H18FNO. The molecule has 0 aliphatic rings. The van der Waals surface area contributed by atoms with E-state index in [1.165, 1.54) is 17.7 Å². The van der Waals surface area contributed by atoms with Gasteiger partial charge in [-0.3, -0.25) is 4.79 Å². The largest absolute Gasteiger partial charge is 0.326 e. The Balaban J connectivity index is 1.95. The minimum absolute atomic E-state index is 0.103. The molecule has 0 saturated heterocycles. The van der Waals surface area contributed by atoms with Crippen LogP contribution in [-0.4, -0.2) is 5.91 Å². The predicted molar refractivity (Wildman–Crippen MR) is 79.3 cm³/mol. The van der Waals surface area contributed by atoms with Crippen molar-refractivity contribution in [2.45, 2.75) is 26.2 Å². The van der Waals surface area contributed by atoms with Crippen molar-refractivity contribution in [3.05, 3.63) is 65.5 Å². The first-order valence-corrected chi connectivity index (χ1v) is 6.69. The van der Waals surface area contributed by atoms with Crippen LogP contribution in [0.4, 0.5) is 10.1 Å². The molecule has 0 unspecified atom stereocenters. The van der Waals surface area contributed by atoms with Crippen LogP contribution in [0.1, 0.15) is 30.9 Å². The molecular weight excluding hydrogens is 253 g/mol. The van der Waals surface area contributed by atoms with Crippen molar-refractivity contribution in [1.82, 2.24) is 0 Å². The second kappa shape index (κ2) is 6.33. The van der Waals surface area contributed by atoms with Crippen molar-refractivity contribution in [2.24, 2.45) is 0 Å². The highest BCUT2D eigenvalue weighted by atomic mass is 19.1. The molecule has 1 N–H and O–H groups in total. The van der Waals surface area contributed by atoms with Crippen LogP contribution in [-0.2, 0) is 11.2 Å². The Bertz CT molecular complexity index is 573. The molecule has 2 nitrogen and oxygen atoms in total. The number of hydrogen-bond donors (Lipinski definition) is 1. The lowest BCUT2D eigenvalue weighted by Crippen LogP contribution is -2.14. The highest BCUT2D eigenvalue weighted by Gasteiger charge is 2.05. The molecule has 0 atom stereocenters. The van der Waals surface area contributed by atoms with Crippen LogP contribution in [0.2, 0.25) is 0 Å². The summed E-state index contributed by atoms with van der Waals surface area (Å²) in [5, 5.41) is 2.75. The first-order chi connectivity index (χ1) is 9.54. The molecule has 3 heteroatoms. The van der Waals surface area contributed by atoms with Crippen LogP contribution >= 0.6 is 0 Å². The summed E-state index contributed by atoms with van der Waals surface area (Å²) in [6, 6.07) is 13.8. The van der Waals surface area contributed by atoms with Gasteiger partial charge < -0.3 is 5.32 Å². The van der Waals surface area contributed by atoms with Gasteiger partial charge in [-0.2, -0.15) is 0 Å². The van der Waals surface area contributed by atoms with E-state index < -0.39 is 0 Å². The van der Waals surface area contributed by atoms with Gasteiger partial charge >= 0.3 is 0 Å². The minimum Gasteiger partial charge on any atom is -0.326 e. The molecule has 0 spiro atoms. The Morgan fingerprint density at radius 3 is 2.20 bits per heavy atom. The lowest BCUT2D eigenvalue weighted by atomic mass is 10.0. The van der Waals surface area contributed by atoms with Gasteiger partial charge in [0.1, 0.15) is 5.82 Å². The van der Waals surface area contributed by atoms with Crippen molar-refractivity contribution >= 4 is 11.6 Å². The Labute approximate surface area is 118 Å². The smallest absolute Gasteiger partial charge is 0.228 e. The SMILES string of the molecule is CC(C)c1ccc(CC(=O)Nc2ccc(F)cc2)cc1. The summed E-state index contributed by atoms with van der Waals surface area (Å²) in [4.78, 5) is 11.9. The van der Waals surface area contributed by atoms with Crippen molar-refractivity contribution in [3.63, 3.8) is 0 Å². The van der Waals surface area contributed by atoms with Gasteiger partial charge in [0.05, 0.1) is 6.42 Å². The summed E-state index contributed by atoms with van der Waals surface area (Å²) in [7, 11) is 0.